The number of rotatable bonds is 10. The summed E-state index contributed by atoms with van der Waals surface area (Å²) < 4.78 is 24.5. The van der Waals surface area contributed by atoms with Crippen LogP contribution in [0.4, 0.5) is 4.39 Å². The fourth-order valence-electron chi connectivity index (χ4n) is 4.88. The predicted molar refractivity (Wildman–Crippen MR) is 157 cm³/mol. The maximum atomic E-state index is 12.9. The number of carbonyl (C=O) groups excluding carboxylic acids is 1. The average Bonchev–Trinajstić information content (AvgIpc) is 3.41. The molecule has 0 amide bonds. The van der Waals surface area contributed by atoms with Crippen LogP contribution in [0.15, 0.2) is 78.9 Å². The minimum atomic E-state index is -0.568. The van der Waals surface area contributed by atoms with Crippen molar-refractivity contribution in [2.45, 2.75) is 40.5 Å². The quantitative estimate of drug-likeness (QED) is 0.153. The van der Waals surface area contributed by atoms with Gasteiger partial charge in [-0.1, -0.05) is 61.5 Å². The molecule has 1 atom stereocenters. The molecule has 4 nitrogen and oxygen atoms in total. The first kappa shape index (κ1) is 28.6. The lowest BCUT2D eigenvalue weighted by Gasteiger charge is -2.19. The zero-order valence-corrected chi connectivity index (χ0v) is 23.6. The van der Waals surface area contributed by atoms with E-state index in [0.717, 1.165) is 54.9 Å². The van der Waals surface area contributed by atoms with Gasteiger partial charge in [-0.15, -0.1) is 0 Å². The van der Waals surface area contributed by atoms with Gasteiger partial charge in [-0.05, 0) is 92.3 Å². The van der Waals surface area contributed by atoms with E-state index in [1.54, 1.807) is 0 Å². The van der Waals surface area contributed by atoms with Crippen molar-refractivity contribution in [2.24, 2.45) is 11.3 Å². The van der Waals surface area contributed by atoms with E-state index in [1.165, 1.54) is 11.1 Å². The molecule has 0 N–H and O–H groups in total. The van der Waals surface area contributed by atoms with Crippen LogP contribution in [0.5, 0.6) is 11.5 Å². The summed E-state index contributed by atoms with van der Waals surface area (Å²) in [5, 5.41) is 0. The minimum absolute atomic E-state index is 0.173. The molecule has 5 heteroatoms. The SMILES string of the molecule is CCC(=C(c1ccc(OCCN2CC[C@@H](CF)C2)cc1)c1ccc(OC(=O)C(C)(C)C)cc1)c1ccccc1. The Bertz CT molecular complexity index is 1240. The highest BCUT2D eigenvalue weighted by Crippen LogP contribution is 2.36. The Labute approximate surface area is 232 Å². The molecular weight excluding hydrogens is 489 g/mol. The second-order valence-electron chi connectivity index (χ2n) is 11.2. The zero-order chi connectivity index (χ0) is 27.8. The molecule has 0 aromatic heterocycles. The second kappa shape index (κ2) is 13.1. The van der Waals surface area contributed by atoms with Crippen LogP contribution in [0.25, 0.3) is 11.1 Å². The number of nitrogens with zero attached hydrogens (tertiary/aromatic N) is 1. The molecule has 3 aromatic rings. The molecule has 39 heavy (non-hydrogen) atoms. The van der Waals surface area contributed by atoms with E-state index in [-0.39, 0.29) is 18.6 Å². The molecule has 1 heterocycles. The monoisotopic (exact) mass is 529 g/mol. The lowest BCUT2D eigenvalue weighted by atomic mass is 9.88. The van der Waals surface area contributed by atoms with Gasteiger partial charge in [0.15, 0.2) is 0 Å². The van der Waals surface area contributed by atoms with Crippen molar-refractivity contribution < 1.29 is 18.7 Å². The second-order valence-corrected chi connectivity index (χ2v) is 11.2. The van der Waals surface area contributed by atoms with Crippen molar-refractivity contribution in [3.05, 3.63) is 95.6 Å². The highest BCUT2D eigenvalue weighted by molar-refractivity contribution is 5.98. The van der Waals surface area contributed by atoms with Gasteiger partial charge in [-0.25, -0.2) is 0 Å². The Morgan fingerprint density at radius 3 is 2.05 bits per heavy atom. The smallest absolute Gasteiger partial charge is 0.316 e. The number of hydrogen-bond acceptors (Lipinski definition) is 4. The summed E-state index contributed by atoms with van der Waals surface area (Å²) in [4.78, 5) is 14.6. The zero-order valence-electron chi connectivity index (χ0n) is 23.6. The number of benzene rings is 3. The van der Waals surface area contributed by atoms with E-state index in [2.05, 4.69) is 48.2 Å². The summed E-state index contributed by atoms with van der Waals surface area (Å²) in [6, 6.07) is 26.4. The van der Waals surface area contributed by atoms with Crippen molar-refractivity contribution >= 4 is 17.1 Å². The van der Waals surface area contributed by atoms with Crippen LogP contribution in [0.3, 0.4) is 0 Å². The van der Waals surface area contributed by atoms with Gasteiger partial charge in [-0.3, -0.25) is 14.1 Å². The van der Waals surface area contributed by atoms with Crippen LogP contribution < -0.4 is 9.47 Å². The maximum Gasteiger partial charge on any atom is 0.316 e. The topological polar surface area (TPSA) is 38.8 Å². The van der Waals surface area contributed by atoms with Crippen LogP contribution in [-0.4, -0.2) is 43.8 Å². The number of likely N-dealkylation sites (tertiary alicyclic amines) is 1. The van der Waals surface area contributed by atoms with E-state index < -0.39 is 5.41 Å². The van der Waals surface area contributed by atoms with Crippen molar-refractivity contribution in [3.63, 3.8) is 0 Å². The third-order valence-corrected chi connectivity index (χ3v) is 7.15. The number of hydrogen-bond donors (Lipinski definition) is 0. The molecule has 4 rings (SSSR count). The lowest BCUT2D eigenvalue weighted by Crippen LogP contribution is -2.26. The van der Waals surface area contributed by atoms with Crippen LogP contribution >= 0.6 is 0 Å². The molecule has 0 radical (unpaired) electrons. The molecule has 1 aliphatic rings. The molecule has 0 spiro atoms. The number of halogens is 1. The van der Waals surface area contributed by atoms with Crippen LogP contribution in [0, 0.1) is 11.3 Å². The molecule has 0 aliphatic carbocycles. The number of alkyl halides is 1. The van der Waals surface area contributed by atoms with Crippen LogP contribution in [-0.2, 0) is 4.79 Å². The van der Waals surface area contributed by atoms with E-state index in [9.17, 15) is 9.18 Å². The van der Waals surface area contributed by atoms with Gasteiger partial charge in [-0.2, -0.15) is 0 Å². The van der Waals surface area contributed by atoms with Gasteiger partial charge in [0.1, 0.15) is 18.1 Å². The lowest BCUT2D eigenvalue weighted by molar-refractivity contribution is -0.143. The largest absolute Gasteiger partial charge is 0.492 e. The minimum Gasteiger partial charge on any atom is -0.492 e. The third-order valence-electron chi connectivity index (χ3n) is 7.15. The van der Waals surface area contributed by atoms with Crippen molar-refractivity contribution in [2.75, 3.05) is 32.9 Å². The van der Waals surface area contributed by atoms with Crippen LogP contribution in [0.2, 0.25) is 0 Å². The molecule has 0 bridgehead atoms. The Kier molecular flexibility index (Phi) is 9.58. The summed E-state index contributed by atoms with van der Waals surface area (Å²) in [5.74, 6) is 1.27. The maximum absolute atomic E-state index is 12.9. The molecule has 206 valence electrons. The van der Waals surface area contributed by atoms with Crippen molar-refractivity contribution in [1.82, 2.24) is 4.90 Å². The Balaban J connectivity index is 1.57. The van der Waals surface area contributed by atoms with Crippen LogP contribution in [0.1, 0.15) is 57.2 Å². The van der Waals surface area contributed by atoms with Gasteiger partial charge in [0.2, 0.25) is 0 Å². The molecule has 1 aliphatic heterocycles. The first-order chi connectivity index (χ1) is 18.8. The Morgan fingerprint density at radius 1 is 0.897 bits per heavy atom. The van der Waals surface area contributed by atoms with Crippen molar-refractivity contribution in [3.8, 4) is 11.5 Å². The summed E-state index contributed by atoms with van der Waals surface area (Å²) in [7, 11) is 0. The van der Waals surface area contributed by atoms with E-state index in [0.29, 0.717) is 12.4 Å². The highest BCUT2D eigenvalue weighted by atomic mass is 19.1. The Hall–Kier alpha value is -3.44. The number of esters is 1. The van der Waals surface area contributed by atoms with Gasteiger partial charge < -0.3 is 9.47 Å². The van der Waals surface area contributed by atoms with E-state index in [4.69, 9.17) is 9.47 Å². The molecule has 3 aromatic carbocycles. The van der Waals surface area contributed by atoms with E-state index in [1.807, 2.05) is 63.2 Å². The molecule has 0 saturated carbocycles. The highest BCUT2D eigenvalue weighted by Gasteiger charge is 2.24. The van der Waals surface area contributed by atoms with Crippen molar-refractivity contribution in [1.29, 1.82) is 0 Å². The predicted octanol–water partition coefficient (Wildman–Crippen LogP) is 7.68. The summed E-state index contributed by atoms with van der Waals surface area (Å²) in [6.07, 6.45) is 1.79. The van der Waals surface area contributed by atoms with Gasteiger partial charge in [0.05, 0.1) is 12.1 Å². The molecular formula is C34H40FNO3. The van der Waals surface area contributed by atoms with Gasteiger partial charge in [0, 0.05) is 19.0 Å². The van der Waals surface area contributed by atoms with Gasteiger partial charge >= 0.3 is 5.97 Å². The normalized spacial score (nSPS) is 16.6. The van der Waals surface area contributed by atoms with Gasteiger partial charge in [0.25, 0.3) is 0 Å². The molecule has 1 fully saturated rings. The molecule has 1 saturated heterocycles. The fourth-order valence-corrected chi connectivity index (χ4v) is 4.88. The number of allylic oxidation sites excluding steroid dienone is 1. The Morgan fingerprint density at radius 2 is 1.51 bits per heavy atom. The summed E-state index contributed by atoms with van der Waals surface area (Å²) >= 11 is 0. The third kappa shape index (κ3) is 7.57. The summed E-state index contributed by atoms with van der Waals surface area (Å²) in [5.41, 5.74) is 5.13. The first-order valence-corrected chi connectivity index (χ1v) is 13.9. The first-order valence-electron chi connectivity index (χ1n) is 13.9. The van der Waals surface area contributed by atoms with E-state index >= 15 is 0 Å². The average molecular weight is 530 g/mol. The molecule has 0 unspecified atom stereocenters. The standard InChI is InChI=1S/C34H40FNO3/c1-5-31(26-9-7-6-8-10-26)32(28-13-17-30(18-14-28)39-33(37)34(2,3)4)27-11-15-29(16-12-27)38-22-21-36-20-19-25(23-35)24-36/h6-18,25H,5,19-24H2,1-4H3/t25-/m0/s1. The number of ether oxygens (including phenoxy) is 2. The number of carbonyl (C=O) groups is 1. The fraction of sp³-hybridized carbons (Fsp3) is 0.382. The summed E-state index contributed by atoms with van der Waals surface area (Å²) in [6.45, 7) is 10.6.